The van der Waals surface area contributed by atoms with Crippen LogP contribution in [0.1, 0.15) is 57.7 Å². The van der Waals surface area contributed by atoms with Gasteiger partial charge in [0.15, 0.2) is 5.82 Å². The minimum Gasteiger partial charge on any atom is -0.495 e. The second-order valence-electron chi connectivity index (χ2n) is 8.30. The van der Waals surface area contributed by atoms with Crippen LogP contribution in [0.3, 0.4) is 0 Å². The number of anilines is 2. The Labute approximate surface area is 205 Å². The average Bonchev–Trinajstić information content (AvgIpc) is 2.80. The molecule has 34 heavy (non-hydrogen) atoms. The first kappa shape index (κ1) is 27.1. The molecule has 0 spiro atoms. The summed E-state index contributed by atoms with van der Waals surface area (Å²) in [5.74, 6) is 5.21. The van der Waals surface area contributed by atoms with Gasteiger partial charge in [-0.1, -0.05) is 58.4 Å². The van der Waals surface area contributed by atoms with Crippen LogP contribution in [0.15, 0.2) is 30.3 Å². The molecule has 0 atom stereocenters. The van der Waals surface area contributed by atoms with Crippen LogP contribution in [-0.2, 0) is 10.2 Å². The minimum atomic E-state index is -0.660. The normalized spacial score (nSPS) is 13.2. The molecule has 2 N–H and O–H groups in total. The number of hydrogen-bond donors (Lipinski definition) is 2. The maximum atomic E-state index is 15.7. The van der Waals surface area contributed by atoms with Crippen molar-refractivity contribution in [2.24, 2.45) is 0 Å². The van der Waals surface area contributed by atoms with Gasteiger partial charge >= 0.3 is 6.03 Å². The lowest BCUT2D eigenvalue weighted by Crippen LogP contribution is -2.50. The summed E-state index contributed by atoms with van der Waals surface area (Å²) in [6.45, 7) is 10.0. The quantitative estimate of drug-likeness (QED) is 0.430. The Morgan fingerprint density at radius 2 is 1.79 bits per heavy atom. The van der Waals surface area contributed by atoms with Crippen LogP contribution in [-0.4, -0.2) is 31.8 Å². The molecular formula is C26H32FN3O3S. The van der Waals surface area contributed by atoms with E-state index in [9.17, 15) is 9.59 Å². The number of carbonyl (C=O) groups excluding carboxylic acids is 2. The average molecular weight is 486 g/mol. The van der Waals surface area contributed by atoms with Crippen molar-refractivity contribution in [3.05, 3.63) is 52.8 Å². The predicted octanol–water partition coefficient (Wildman–Crippen LogP) is 5.69. The van der Waals surface area contributed by atoms with Crippen LogP contribution in [0.25, 0.3) is 0 Å². The van der Waals surface area contributed by atoms with Crippen molar-refractivity contribution in [1.29, 1.82) is 0 Å². The van der Waals surface area contributed by atoms with Gasteiger partial charge in [-0.15, -0.1) is 0 Å². The van der Waals surface area contributed by atoms with Crippen LogP contribution < -0.4 is 19.7 Å². The zero-order chi connectivity index (χ0) is 25.5. The number of methoxy groups -OCH3 is 1. The Morgan fingerprint density at radius 3 is 2.32 bits per heavy atom. The van der Waals surface area contributed by atoms with E-state index in [0.29, 0.717) is 16.9 Å². The van der Waals surface area contributed by atoms with E-state index in [2.05, 4.69) is 21.9 Å². The molecule has 3 rings (SSSR count). The number of hydrogen-bond acceptors (Lipinski definition) is 5. The Bertz CT molecular complexity index is 1100. The molecule has 182 valence electrons. The minimum absolute atomic E-state index is 0.0737. The van der Waals surface area contributed by atoms with Crippen molar-refractivity contribution >= 4 is 35.3 Å². The summed E-state index contributed by atoms with van der Waals surface area (Å²) in [5.41, 5.74) is 2.11. The molecule has 6 nitrogen and oxygen atoms in total. The smallest absolute Gasteiger partial charge is 0.328 e. The van der Waals surface area contributed by atoms with E-state index in [1.165, 1.54) is 24.0 Å². The zero-order valence-electron chi connectivity index (χ0n) is 20.8. The van der Waals surface area contributed by atoms with Crippen molar-refractivity contribution in [1.82, 2.24) is 5.32 Å². The summed E-state index contributed by atoms with van der Waals surface area (Å²) < 4.78 is 24.4. The highest BCUT2D eigenvalue weighted by Crippen LogP contribution is 2.40. The number of nitrogens with one attached hydrogen (secondary N) is 2. The summed E-state index contributed by atoms with van der Waals surface area (Å²) in [7, 11) is 1.48. The van der Waals surface area contributed by atoms with E-state index in [1.807, 2.05) is 65.1 Å². The number of nitrogens with zero attached hydrogens (tertiary/aromatic N) is 1. The maximum Gasteiger partial charge on any atom is 0.328 e. The summed E-state index contributed by atoms with van der Waals surface area (Å²) in [4.78, 5) is 25.2. The van der Waals surface area contributed by atoms with E-state index in [1.54, 1.807) is 6.07 Å². The lowest BCUT2D eigenvalue weighted by Gasteiger charge is -2.30. The number of carbonyl (C=O) groups is 2. The first-order chi connectivity index (χ1) is 16.2. The summed E-state index contributed by atoms with van der Waals surface area (Å²) >= 11 is 1.49. The fraction of sp³-hybridized carbons (Fsp3) is 0.385. The molecule has 2 aromatic carbocycles. The maximum absolute atomic E-state index is 15.7. The van der Waals surface area contributed by atoms with Crippen LogP contribution >= 0.6 is 11.9 Å². The Balaban J connectivity index is 0.00000199. The third kappa shape index (κ3) is 6.23. The zero-order valence-corrected chi connectivity index (χ0v) is 21.6. The number of rotatable bonds is 4. The molecule has 1 aliphatic rings. The van der Waals surface area contributed by atoms with Gasteiger partial charge in [-0.2, -0.15) is 0 Å². The topological polar surface area (TPSA) is 70.7 Å². The monoisotopic (exact) mass is 485 g/mol. The molecule has 0 saturated carbocycles. The van der Waals surface area contributed by atoms with Gasteiger partial charge in [0.1, 0.15) is 11.3 Å². The fourth-order valence-corrected chi connectivity index (χ4v) is 3.75. The fourth-order valence-electron chi connectivity index (χ4n) is 3.37. The van der Waals surface area contributed by atoms with Gasteiger partial charge in [0.2, 0.25) is 5.91 Å². The van der Waals surface area contributed by atoms with Gasteiger partial charge in [0.05, 0.1) is 12.8 Å². The van der Waals surface area contributed by atoms with Gasteiger partial charge in [-0.05, 0) is 35.7 Å². The molecule has 0 unspecified atom stereocenters. The third-order valence-corrected chi connectivity index (χ3v) is 5.43. The molecular weight excluding hydrogens is 453 g/mol. The molecule has 0 radical (unpaired) electrons. The lowest BCUT2D eigenvalue weighted by atomic mass is 9.84. The van der Waals surface area contributed by atoms with Gasteiger partial charge in [-0.3, -0.25) is 15.0 Å². The molecule has 2 aromatic rings. The van der Waals surface area contributed by atoms with Gasteiger partial charge in [0.25, 0.3) is 0 Å². The van der Waals surface area contributed by atoms with Crippen LogP contribution in [0.5, 0.6) is 5.75 Å². The van der Waals surface area contributed by atoms with Crippen LogP contribution in [0.4, 0.5) is 20.6 Å². The van der Waals surface area contributed by atoms with Crippen LogP contribution in [0.2, 0.25) is 0 Å². The largest absolute Gasteiger partial charge is 0.495 e. The lowest BCUT2D eigenvalue weighted by molar-refractivity contribution is -0.120. The molecule has 0 aliphatic carbocycles. The van der Waals surface area contributed by atoms with E-state index >= 15 is 4.39 Å². The Hall–Kier alpha value is -3.18. The second kappa shape index (κ2) is 11.8. The van der Waals surface area contributed by atoms with E-state index in [0.717, 1.165) is 5.69 Å². The van der Waals surface area contributed by atoms with Crippen molar-refractivity contribution in [3.8, 4) is 17.6 Å². The Morgan fingerprint density at radius 1 is 1.15 bits per heavy atom. The second-order valence-corrected chi connectivity index (χ2v) is 8.92. The molecule has 3 amide bonds. The number of amides is 3. The molecule has 1 fully saturated rings. The standard InChI is InChI=1S/C24H26FN3O3S.C2H6/c1-24(2,3)18-14-19(28-13-12-20(29)26-23(28)30)21(25)17(22(18)31-4)11-8-15-6-9-16(10-7-15)27-32-5;1-2/h6-7,9-10,14,27H,12-13H2,1-5H3,(H,26,29,30);1-2H3. The molecule has 1 saturated heterocycles. The first-order valence-corrected chi connectivity index (χ1v) is 12.3. The van der Waals surface area contributed by atoms with Crippen molar-refractivity contribution < 1.29 is 18.7 Å². The molecule has 1 heterocycles. The molecule has 8 heteroatoms. The van der Waals surface area contributed by atoms with E-state index < -0.39 is 17.3 Å². The number of halogens is 1. The summed E-state index contributed by atoms with van der Waals surface area (Å²) in [6.07, 6.45) is 2.03. The summed E-state index contributed by atoms with van der Waals surface area (Å²) in [5, 5.41) is 2.24. The van der Waals surface area contributed by atoms with Crippen LogP contribution in [0, 0.1) is 17.7 Å². The number of benzene rings is 2. The van der Waals surface area contributed by atoms with Gasteiger partial charge in [0, 0.05) is 36.0 Å². The highest BCUT2D eigenvalue weighted by Gasteiger charge is 2.32. The van der Waals surface area contributed by atoms with Crippen molar-refractivity contribution in [2.45, 2.75) is 46.5 Å². The molecule has 0 aromatic heterocycles. The van der Waals surface area contributed by atoms with Crippen molar-refractivity contribution in [2.75, 3.05) is 29.5 Å². The molecule has 1 aliphatic heterocycles. The Kier molecular flexibility index (Phi) is 9.39. The highest BCUT2D eigenvalue weighted by molar-refractivity contribution is 7.99. The third-order valence-electron chi connectivity index (χ3n) is 4.99. The highest BCUT2D eigenvalue weighted by atomic mass is 32.2. The van der Waals surface area contributed by atoms with E-state index in [4.69, 9.17) is 4.74 Å². The number of ether oxygens (including phenoxy) is 1. The van der Waals surface area contributed by atoms with Gasteiger partial charge < -0.3 is 9.46 Å². The number of urea groups is 1. The van der Waals surface area contributed by atoms with Crippen molar-refractivity contribution in [3.63, 3.8) is 0 Å². The van der Waals surface area contributed by atoms with Gasteiger partial charge in [-0.25, -0.2) is 9.18 Å². The first-order valence-electron chi connectivity index (χ1n) is 11.1. The SMILES string of the molecule is CC.COc1c(C(C)(C)C)cc(N2CCC(=O)NC2=O)c(F)c1C#Cc1ccc(NSC)cc1. The predicted molar refractivity (Wildman–Crippen MR) is 138 cm³/mol. The molecule has 0 bridgehead atoms. The summed E-state index contributed by atoms with van der Waals surface area (Å²) in [6, 6.07) is 8.42. The van der Waals surface area contributed by atoms with E-state index in [-0.39, 0.29) is 30.1 Å². The number of imide groups is 1.